The largest absolute Gasteiger partial charge is 0.345 e. The van der Waals surface area contributed by atoms with Crippen molar-refractivity contribution in [2.45, 2.75) is 45.1 Å². The van der Waals surface area contributed by atoms with Crippen LogP contribution in [0.5, 0.6) is 0 Å². The number of halogens is 2. The maximum absolute atomic E-state index is 12.5. The maximum Gasteiger partial charge on any atom is 0.251 e. The minimum absolute atomic E-state index is 0.0235. The van der Waals surface area contributed by atoms with Crippen LogP contribution in [0.1, 0.15) is 48.5 Å². The zero-order valence-corrected chi connectivity index (χ0v) is 14.4. The first-order chi connectivity index (χ1) is 9.44. The van der Waals surface area contributed by atoms with Crippen LogP contribution in [0.25, 0.3) is 0 Å². The summed E-state index contributed by atoms with van der Waals surface area (Å²) in [4.78, 5) is 12.5. The first-order valence-electron chi connectivity index (χ1n) is 7.10. The van der Waals surface area contributed by atoms with Crippen LogP contribution in [0, 0.1) is 12.8 Å². The van der Waals surface area contributed by atoms with Gasteiger partial charge in [-0.25, -0.2) is 0 Å². The molecule has 1 aromatic carbocycles. The van der Waals surface area contributed by atoms with Crippen molar-refractivity contribution in [1.29, 1.82) is 0 Å². The molecule has 4 heteroatoms. The number of aryl methyl sites for hydroxylation is 1. The summed E-state index contributed by atoms with van der Waals surface area (Å²) in [5, 5.41) is 3.18. The van der Waals surface area contributed by atoms with E-state index in [2.05, 4.69) is 28.2 Å². The highest BCUT2D eigenvalue weighted by molar-refractivity contribution is 9.10. The lowest BCUT2D eigenvalue weighted by Crippen LogP contribution is -2.52. The van der Waals surface area contributed by atoms with E-state index in [4.69, 9.17) is 11.6 Å². The Bertz CT molecular complexity index is 475. The van der Waals surface area contributed by atoms with Crippen molar-refractivity contribution in [1.82, 2.24) is 5.32 Å². The molecule has 20 heavy (non-hydrogen) atoms. The van der Waals surface area contributed by atoms with Crippen molar-refractivity contribution in [2.24, 2.45) is 5.92 Å². The van der Waals surface area contributed by atoms with Crippen LogP contribution >= 0.6 is 27.5 Å². The normalized spacial score (nSPS) is 26.3. The third kappa shape index (κ3) is 3.76. The van der Waals surface area contributed by atoms with Gasteiger partial charge in [-0.3, -0.25) is 4.79 Å². The van der Waals surface area contributed by atoms with Gasteiger partial charge in [0.1, 0.15) is 0 Å². The number of benzene rings is 1. The minimum atomic E-state index is -0.235. The van der Waals surface area contributed by atoms with E-state index in [1.54, 1.807) is 0 Å². The molecule has 2 rings (SSSR count). The average molecular weight is 359 g/mol. The Morgan fingerprint density at radius 1 is 1.40 bits per heavy atom. The molecular weight excluding hydrogens is 338 g/mol. The monoisotopic (exact) mass is 357 g/mol. The molecule has 0 heterocycles. The molecule has 1 fully saturated rings. The molecule has 0 unspecified atom stereocenters. The van der Waals surface area contributed by atoms with Crippen molar-refractivity contribution in [3.05, 3.63) is 33.8 Å². The molecule has 1 saturated carbocycles. The molecule has 1 aromatic rings. The Morgan fingerprint density at radius 2 is 2.05 bits per heavy atom. The van der Waals surface area contributed by atoms with E-state index in [0.29, 0.717) is 11.4 Å². The molecule has 0 radical (unpaired) electrons. The van der Waals surface area contributed by atoms with Gasteiger partial charge in [-0.1, -0.05) is 22.9 Å². The van der Waals surface area contributed by atoms with Crippen LogP contribution in [0.15, 0.2) is 22.7 Å². The number of hydrogen-bond acceptors (Lipinski definition) is 1. The molecule has 0 saturated heterocycles. The fraction of sp³-hybridized carbons (Fsp3) is 0.562. The summed E-state index contributed by atoms with van der Waals surface area (Å²) < 4.78 is 0.930. The summed E-state index contributed by atoms with van der Waals surface area (Å²) in [6.45, 7) is 4.25. The first kappa shape index (κ1) is 15.8. The van der Waals surface area contributed by atoms with Gasteiger partial charge in [0.25, 0.3) is 5.91 Å². The van der Waals surface area contributed by atoms with E-state index in [1.807, 2.05) is 25.1 Å². The number of amides is 1. The van der Waals surface area contributed by atoms with E-state index in [9.17, 15) is 4.79 Å². The quantitative estimate of drug-likeness (QED) is 0.781. The molecule has 110 valence electrons. The Hall–Kier alpha value is -0.540. The van der Waals surface area contributed by atoms with Crippen LogP contribution < -0.4 is 5.32 Å². The number of nitrogens with one attached hydrogen (secondary N) is 1. The van der Waals surface area contributed by atoms with E-state index in [0.717, 1.165) is 41.6 Å². The van der Waals surface area contributed by atoms with Crippen LogP contribution in [-0.4, -0.2) is 17.3 Å². The van der Waals surface area contributed by atoms with Crippen molar-refractivity contribution in [3.8, 4) is 0 Å². The zero-order valence-electron chi connectivity index (χ0n) is 12.0. The van der Waals surface area contributed by atoms with Crippen LogP contribution in [-0.2, 0) is 0 Å². The van der Waals surface area contributed by atoms with Crippen LogP contribution in [0.4, 0.5) is 0 Å². The Labute approximate surface area is 134 Å². The van der Waals surface area contributed by atoms with E-state index in [1.165, 1.54) is 0 Å². The maximum atomic E-state index is 12.5. The summed E-state index contributed by atoms with van der Waals surface area (Å²) in [6, 6.07) is 5.76. The molecule has 2 nitrogen and oxygen atoms in total. The number of hydrogen-bond donors (Lipinski definition) is 1. The van der Waals surface area contributed by atoms with Gasteiger partial charge in [0, 0.05) is 15.9 Å². The smallest absolute Gasteiger partial charge is 0.251 e. The highest BCUT2D eigenvalue weighted by atomic mass is 79.9. The molecule has 0 spiro atoms. The first-order valence-corrected chi connectivity index (χ1v) is 8.42. The topological polar surface area (TPSA) is 29.1 Å². The van der Waals surface area contributed by atoms with E-state index < -0.39 is 0 Å². The van der Waals surface area contributed by atoms with Gasteiger partial charge in [-0.05, 0) is 62.3 Å². The van der Waals surface area contributed by atoms with Gasteiger partial charge in [0.05, 0.1) is 5.54 Å². The summed E-state index contributed by atoms with van der Waals surface area (Å²) >= 11 is 9.59. The summed E-state index contributed by atoms with van der Waals surface area (Å²) in [6.07, 6.45) is 4.20. The van der Waals surface area contributed by atoms with E-state index in [-0.39, 0.29) is 11.4 Å². The van der Waals surface area contributed by atoms with Gasteiger partial charge in [-0.2, -0.15) is 0 Å². The van der Waals surface area contributed by atoms with Crippen LogP contribution in [0.3, 0.4) is 0 Å². The molecular formula is C16H21BrClNO. The highest BCUT2D eigenvalue weighted by Crippen LogP contribution is 2.33. The van der Waals surface area contributed by atoms with Gasteiger partial charge < -0.3 is 5.32 Å². The average Bonchev–Trinajstić information content (AvgIpc) is 2.40. The van der Waals surface area contributed by atoms with Crippen molar-refractivity contribution in [3.63, 3.8) is 0 Å². The Morgan fingerprint density at radius 3 is 2.60 bits per heavy atom. The van der Waals surface area contributed by atoms with Crippen molar-refractivity contribution in [2.75, 3.05) is 5.88 Å². The number of carbonyl (C=O) groups is 1. The third-order valence-electron chi connectivity index (χ3n) is 4.17. The number of rotatable bonds is 3. The second kappa shape index (κ2) is 6.48. The van der Waals surface area contributed by atoms with Gasteiger partial charge in [-0.15, -0.1) is 11.6 Å². The second-order valence-electron chi connectivity index (χ2n) is 6.07. The predicted octanol–water partition coefficient (Wildman–Crippen LogP) is 4.68. The zero-order chi connectivity index (χ0) is 14.8. The lowest BCUT2D eigenvalue weighted by molar-refractivity contribution is 0.0872. The lowest BCUT2D eigenvalue weighted by atomic mass is 9.78. The summed E-state index contributed by atoms with van der Waals surface area (Å²) in [7, 11) is 0. The summed E-state index contributed by atoms with van der Waals surface area (Å²) in [5.74, 6) is 1.19. The number of carbonyl (C=O) groups excluding carboxylic acids is 1. The summed E-state index contributed by atoms with van der Waals surface area (Å²) in [5.41, 5.74) is 1.53. The van der Waals surface area contributed by atoms with Crippen molar-refractivity contribution < 1.29 is 4.79 Å². The fourth-order valence-corrected chi connectivity index (χ4v) is 3.73. The molecule has 1 amide bonds. The molecule has 0 aliphatic heterocycles. The third-order valence-corrected chi connectivity index (χ3v) is 5.14. The second-order valence-corrected chi connectivity index (χ2v) is 7.25. The lowest BCUT2D eigenvalue weighted by Gasteiger charge is -2.38. The Kier molecular flexibility index (Phi) is 5.14. The predicted molar refractivity (Wildman–Crippen MR) is 87.4 cm³/mol. The molecule has 1 N–H and O–H groups in total. The van der Waals surface area contributed by atoms with Crippen molar-refractivity contribution >= 4 is 33.4 Å². The van der Waals surface area contributed by atoms with Gasteiger partial charge in [0.15, 0.2) is 0 Å². The van der Waals surface area contributed by atoms with Crippen LogP contribution in [0.2, 0.25) is 0 Å². The fourth-order valence-electron chi connectivity index (χ4n) is 2.79. The van der Waals surface area contributed by atoms with Gasteiger partial charge >= 0.3 is 0 Å². The highest BCUT2D eigenvalue weighted by Gasteiger charge is 2.35. The number of alkyl halides is 1. The Balaban J connectivity index is 2.13. The molecule has 0 atom stereocenters. The minimum Gasteiger partial charge on any atom is -0.345 e. The standard InChI is InChI=1S/C16H21BrClNO/c1-11-3-5-16(10-18,6-4-11)19-15(20)13-7-12(2)8-14(17)9-13/h7-9,11H,3-6,10H2,1-2H3,(H,19,20). The molecule has 1 aliphatic carbocycles. The van der Waals surface area contributed by atoms with Gasteiger partial charge in [0.2, 0.25) is 0 Å². The molecule has 0 aromatic heterocycles. The molecule has 1 aliphatic rings. The molecule has 0 bridgehead atoms. The van der Waals surface area contributed by atoms with E-state index >= 15 is 0 Å². The SMILES string of the molecule is Cc1cc(Br)cc(C(=O)NC2(CCl)CCC(C)CC2)c1.